The van der Waals surface area contributed by atoms with Crippen LogP contribution in [0.1, 0.15) is 11.1 Å². The van der Waals surface area contributed by atoms with Crippen LogP contribution >= 0.6 is 15.9 Å². The van der Waals surface area contributed by atoms with E-state index < -0.39 is 5.82 Å². The standard InChI is InChI=1S/C15H9BrFN5/c1-9-6-12(16)3-5-14(9)22-20-15(19-21-22)10-2-4-13(17)11(7-10)8-18/h2-7H,1H3. The third-order valence-corrected chi connectivity index (χ3v) is 3.63. The van der Waals surface area contributed by atoms with E-state index in [0.717, 1.165) is 15.7 Å². The number of rotatable bonds is 2. The first kappa shape index (κ1) is 14.4. The number of benzene rings is 2. The van der Waals surface area contributed by atoms with Crippen LogP contribution in [0, 0.1) is 24.1 Å². The summed E-state index contributed by atoms with van der Waals surface area (Å²) in [5, 5.41) is 21.2. The fraction of sp³-hybridized carbons (Fsp3) is 0.0667. The molecule has 0 N–H and O–H groups in total. The molecule has 3 rings (SSSR count). The average molecular weight is 358 g/mol. The molecule has 0 spiro atoms. The van der Waals surface area contributed by atoms with Gasteiger partial charge >= 0.3 is 0 Å². The van der Waals surface area contributed by atoms with Crippen LogP contribution in [0.2, 0.25) is 0 Å². The Balaban J connectivity index is 2.02. The number of halogens is 2. The Kier molecular flexibility index (Phi) is 3.69. The van der Waals surface area contributed by atoms with Gasteiger partial charge in [-0.3, -0.25) is 0 Å². The molecule has 2 aromatic carbocycles. The lowest BCUT2D eigenvalue weighted by Crippen LogP contribution is -2.01. The zero-order valence-electron chi connectivity index (χ0n) is 11.5. The molecule has 0 fully saturated rings. The molecule has 3 aromatic rings. The van der Waals surface area contributed by atoms with Crippen molar-refractivity contribution in [2.45, 2.75) is 6.92 Å². The predicted molar refractivity (Wildman–Crippen MR) is 81.7 cm³/mol. The van der Waals surface area contributed by atoms with Gasteiger partial charge in [0.15, 0.2) is 0 Å². The second-order valence-corrected chi connectivity index (χ2v) is 5.56. The summed E-state index contributed by atoms with van der Waals surface area (Å²) < 4.78 is 14.3. The first-order valence-electron chi connectivity index (χ1n) is 6.35. The zero-order valence-corrected chi connectivity index (χ0v) is 13.0. The highest BCUT2D eigenvalue weighted by molar-refractivity contribution is 9.10. The SMILES string of the molecule is Cc1cc(Br)ccc1-n1nnc(-c2ccc(F)c(C#N)c2)n1. The summed E-state index contributed by atoms with van der Waals surface area (Å²) >= 11 is 3.40. The summed E-state index contributed by atoms with van der Waals surface area (Å²) in [5.41, 5.74) is 2.27. The van der Waals surface area contributed by atoms with Crippen molar-refractivity contribution in [2.75, 3.05) is 0 Å². The van der Waals surface area contributed by atoms with Crippen molar-refractivity contribution < 1.29 is 4.39 Å². The van der Waals surface area contributed by atoms with Crippen molar-refractivity contribution in [1.82, 2.24) is 20.2 Å². The minimum absolute atomic E-state index is 0.0475. The first-order valence-corrected chi connectivity index (χ1v) is 7.14. The molecule has 0 atom stereocenters. The van der Waals surface area contributed by atoms with Gasteiger partial charge in [0.1, 0.15) is 11.9 Å². The van der Waals surface area contributed by atoms with Crippen LogP contribution in [-0.4, -0.2) is 20.2 Å². The molecule has 22 heavy (non-hydrogen) atoms. The highest BCUT2D eigenvalue weighted by Crippen LogP contribution is 2.21. The first-order chi connectivity index (χ1) is 10.6. The fourth-order valence-corrected chi connectivity index (χ4v) is 2.50. The van der Waals surface area contributed by atoms with Crippen LogP contribution in [-0.2, 0) is 0 Å². The van der Waals surface area contributed by atoms with E-state index in [4.69, 9.17) is 5.26 Å². The molecule has 0 aliphatic rings. The van der Waals surface area contributed by atoms with Crippen LogP contribution in [0.5, 0.6) is 0 Å². The van der Waals surface area contributed by atoms with E-state index in [9.17, 15) is 4.39 Å². The molecule has 0 aliphatic carbocycles. The van der Waals surface area contributed by atoms with Gasteiger partial charge in [-0.15, -0.1) is 15.0 Å². The van der Waals surface area contributed by atoms with Gasteiger partial charge < -0.3 is 0 Å². The molecule has 0 saturated carbocycles. The molecule has 0 amide bonds. The molecule has 108 valence electrons. The molecule has 5 nitrogen and oxygen atoms in total. The maximum absolute atomic E-state index is 13.4. The summed E-state index contributed by atoms with van der Waals surface area (Å²) in [4.78, 5) is 1.41. The fourth-order valence-electron chi connectivity index (χ4n) is 2.03. The third-order valence-electron chi connectivity index (χ3n) is 3.13. The van der Waals surface area contributed by atoms with Crippen LogP contribution in [0.15, 0.2) is 40.9 Å². The normalized spacial score (nSPS) is 10.5. The van der Waals surface area contributed by atoms with E-state index in [1.807, 2.05) is 25.1 Å². The highest BCUT2D eigenvalue weighted by atomic mass is 79.9. The topological polar surface area (TPSA) is 67.4 Å². The lowest BCUT2D eigenvalue weighted by Gasteiger charge is -2.03. The van der Waals surface area contributed by atoms with Gasteiger partial charge in [0.2, 0.25) is 5.82 Å². The molecule has 0 unspecified atom stereocenters. The Labute approximate surface area is 134 Å². The third kappa shape index (κ3) is 2.61. The van der Waals surface area contributed by atoms with E-state index in [2.05, 4.69) is 31.3 Å². The molecule has 0 aliphatic heterocycles. The summed E-state index contributed by atoms with van der Waals surface area (Å²) in [6.45, 7) is 1.94. The van der Waals surface area contributed by atoms with Crippen molar-refractivity contribution >= 4 is 15.9 Å². The minimum atomic E-state index is -0.567. The monoisotopic (exact) mass is 357 g/mol. The molecule has 7 heteroatoms. The Bertz CT molecular complexity index is 897. The summed E-state index contributed by atoms with van der Waals surface area (Å²) in [7, 11) is 0. The number of aromatic nitrogens is 4. The van der Waals surface area contributed by atoms with Gasteiger partial charge in [0.25, 0.3) is 0 Å². The zero-order chi connectivity index (χ0) is 15.7. The number of nitriles is 1. The number of aryl methyl sites for hydroxylation is 1. The molecular weight excluding hydrogens is 349 g/mol. The second kappa shape index (κ2) is 5.66. The van der Waals surface area contributed by atoms with Crippen LogP contribution in [0.3, 0.4) is 0 Å². The number of hydrogen-bond donors (Lipinski definition) is 0. The Hall–Kier alpha value is -2.59. The van der Waals surface area contributed by atoms with E-state index >= 15 is 0 Å². The lowest BCUT2D eigenvalue weighted by molar-refractivity contribution is 0.624. The second-order valence-electron chi connectivity index (χ2n) is 4.64. The van der Waals surface area contributed by atoms with E-state index in [0.29, 0.717) is 11.4 Å². The summed E-state index contributed by atoms with van der Waals surface area (Å²) in [6, 6.07) is 11.7. The average Bonchev–Trinajstić information content (AvgIpc) is 2.97. The van der Waals surface area contributed by atoms with Crippen molar-refractivity contribution in [2.24, 2.45) is 0 Å². The lowest BCUT2D eigenvalue weighted by atomic mass is 10.1. The Morgan fingerprint density at radius 1 is 1.23 bits per heavy atom. The van der Waals surface area contributed by atoms with Crippen molar-refractivity contribution in [1.29, 1.82) is 5.26 Å². The maximum atomic E-state index is 13.4. The number of nitrogens with zero attached hydrogens (tertiary/aromatic N) is 5. The van der Waals surface area contributed by atoms with E-state index in [1.54, 1.807) is 6.07 Å². The van der Waals surface area contributed by atoms with Gasteiger partial charge in [-0.1, -0.05) is 15.9 Å². The number of hydrogen-bond acceptors (Lipinski definition) is 4. The van der Waals surface area contributed by atoms with Crippen molar-refractivity contribution in [3.05, 3.63) is 57.8 Å². The largest absolute Gasteiger partial charge is 0.206 e. The van der Waals surface area contributed by atoms with Gasteiger partial charge in [-0.05, 0) is 54.1 Å². The predicted octanol–water partition coefficient (Wildman–Crippen LogP) is 3.41. The van der Waals surface area contributed by atoms with E-state index in [-0.39, 0.29) is 5.56 Å². The Morgan fingerprint density at radius 3 is 2.77 bits per heavy atom. The van der Waals surface area contributed by atoms with Crippen molar-refractivity contribution in [3.63, 3.8) is 0 Å². The van der Waals surface area contributed by atoms with Crippen LogP contribution < -0.4 is 0 Å². The summed E-state index contributed by atoms with van der Waals surface area (Å²) in [6.07, 6.45) is 0. The smallest absolute Gasteiger partial charge is 0.205 e. The highest BCUT2D eigenvalue weighted by Gasteiger charge is 2.11. The van der Waals surface area contributed by atoms with Crippen LogP contribution in [0.25, 0.3) is 17.1 Å². The van der Waals surface area contributed by atoms with Crippen LogP contribution in [0.4, 0.5) is 4.39 Å². The number of tetrazole rings is 1. The molecular formula is C15H9BrFN5. The Morgan fingerprint density at radius 2 is 2.05 bits per heavy atom. The maximum Gasteiger partial charge on any atom is 0.205 e. The minimum Gasteiger partial charge on any atom is -0.206 e. The quantitative estimate of drug-likeness (QED) is 0.704. The molecule has 0 saturated heterocycles. The molecule has 0 radical (unpaired) electrons. The van der Waals surface area contributed by atoms with E-state index in [1.165, 1.54) is 23.0 Å². The van der Waals surface area contributed by atoms with Gasteiger partial charge in [0, 0.05) is 10.0 Å². The van der Waals surface area contributed by atoms with Gasteiger partial charge in [-0.25, -0.2) is 4.39 Å². The molecule has 0 bridgehead atoms. The molecule has 1 heterocycles. The van der Waals surface area contributed by atoms with Gasteiger partial charge in [-0.2, -0.15) is 5.26 Å². The molecule has 1 aromatic heterocycles. The van der Waals surface area contributed by atoms with Gasteiger partial charge in [0.05, 0.1) is 11.3 Å². The van der Waals surface area contributed by atoms with Crippen molar-refractivity contribution in [3.8, 4) is 23.1 Å². The summed E-state index contributed by atoms with van der Waals surface area (Å²) in [5.74, 6) is -0.235.